The second kappa shape index (κ2) is 6.16. The molecule has 122 valence electrons. The Balaban J connectivity index is 1.45. The molecular weight excluding hydrogens is 292 g/mol. The minimum absolute atomic E-state index is 0.00949. The molecule has 23 heavy (non-hydrogen) atoms. The van der Waals surface area contributed by atoms with Crippen molar-refractivity contribution in [1.82, 2.24) is 30.6 Å². The van der Waals surface area contributed by atoms with Gasteiger partial charge in [-0.15, -0.1) is 0 Å². The molecule has 1 fully saturated rings. The van der Waals surface area contributed by atoms with Crippen LogP contribution in [0, 0.1) is 0 Å². The van der Waals surface area contributed by atoms with Gasteiger partial charge in [-0.2, -0.15) is 10.2 Å². The van der Waals surface area contributed by atoms with Crippen LogP contribution in [0.15, 0.2) is 18.5 Å². The minimum Gasteiger partial charge on any atom is -0.342 e. The summed E-state index contributed by atoms with van der Waals surface area (Å²) < 4.78 is 1.92. The predicted octanol–water partition coefficient (Wildman–Crippen LogP) is 1.34. The summed E-state index contributed by atoms with van der Waals surface area (Å²) in [6.45, 7) is 1.99. The first-order valence-corrected chi connectivity index (χ1v) is 8.40. The van der Waals surface area contributed by atoms with Crippen LogP contribution in [0.25, 0.3) is 0 Å². The van der Waals surface area contributed by atoms with Gasteiger partial charge in [-0.3, -0.25) is 14.6 Å². The van der Waals surface area contributed by atoms with Gasteiger partial charge in [0.15, 0.2) is 0 Å². The number of rotatable bonds is 3. The summed E-state index contributed by atoms with van der Waals surface area (Å²) in [5.74, 6) is -0.111. The molecule has 2 unspecified atom stereocenters. The van der Waals surface area contributed by atoms with Gasteiger partial charge in [-0.1, -0.05) is 0 Å². The number of nitrogens with one attached hydrogen (secondary N) is 3. The van der Waals surface area contributed by atoms with Crippen molar-refractivity contribution < 1.29 is 4.79 Å². The van der Waals surface area contributed by atoms with Crippen LogP contribution in [0.4, 0.5) is 0 Å². The first-order chi connectivity index (χ1) is 11.3. The maximum atomic E-state index is 12.5. The third-order valence-corrected chi connectivity index (χ3v) is 4.83. The Morgan fingerprint density at radius 2 is 2.30 bits per heavy atom. The Labute approximate surface area is 134 Å². The molecule has 1 saturated heterocycles. The molecule has 1 amide bonds. The van der Waals surface area contributed by atoms with Crippen molar-refractivity contribution in [3.8, 4) is 0 Å². The lowest BCUT2D eigenvalue weighted by molar-refractivity contribution is 0.0925. The number of aromatic amines is 1. The fourth-order valence-corrected chi connectivity index (χ4v) is 3.56. The number of carbonyl (C=O) groups is 1. The number of fused-ring (bicyclic) bond motifs is 1. The van der Waals surface area contributed by atoms with Gasteiger partial charge in [-0.05, 0) is 50.3 Å². The van der Waals surface area contributed by atoms with Crippen LogP contribution in [0.2, 0.25) is 0 Å². The van der Waals surface area contributed by atoms with Gasteiger partial charge in [0.05, 0.1) is 24.0 Å². The Hall–Kier alpha value is -2.15. The van der Waals surface area contributed by atoms with Gasteiger partial charge < -0.3 is 10.6 Å². The van der Waals surface area contributed by atoms with E-state index in [0.717, 1.165) is 50.9 Å². The number of hydrogen-bond donors (Lipinski definition) is 3. The maximum Gasteiger partial charge on any atom is 0.272 e. The number of amides is 1. The molecule has 7 heteroatoms. The van der Waals surface area contributed by atoms with Crippen LogP contribution < -0.4 is 10.6 Å². The zero-order valence-electron chi connectivity index (χ0n) is 13.1. The molecule has 1 aliphatic carbocycles. The van der Waals surface area contributed by atoms with Crippen LogP contribution in [0.5, 0.6) is 0 Å². The van der Waals surface area contributed by atoms with E-state index in [2.05, 4.69) is 25.9 Å². The van der Waals surface area contributed by atoms with E-state index in [1.165, 1.54) is 5.56 Å². The SMILES string of the molecule is O=C(NC1CCCc2cn[nH]c21)c1ccn(C2CCCNC2)n1. The van der Waals surface area contributed by atoms with E-state index in [0.29, 0.717) is 11.7 Å². The molecule has 2 atom stereocenters. The maximum absolute atomic E-state index is 12.5. The third-order valence-electron chi connectivity index (χ3n) is 4.83. The number of hydrogen-bond acceptors (Lipinski definition) is 4. The summed E-state index contributed by atoms with van der Waals surface area (Å²) in [5, 5.41) is 18.1. The topological polar surface area (TPSA) is 87.6 Å². The fraction of sp³-hybridized carbons (Fsp3) is 0.562. The molecule has 0 spiro atoms. The van der Waals surface area contributed by atoms with E-state index in [-0.39, 0.29) is 11.9 Å². The number of nitrogens with zero attached hydrogens (tertiary/aromatic N) is 3. The highest BCUT2D eigenvalue weighted by molar-refractivity contribution is 5.92. The van der Waals surface area contributed by atoms with Gasteiger partial charge in [0.2, 0.25) is 0 Å². The van der Waals surface area contributed by atoms with Gasteiger partial charge in [0.1, 0.15) is 5.69 Å². The molecule has 4 rings (SSSR count). The van der Waals surface area contributed by atoms with Gasteiger partial charge in [0, 0.05) is 12.7 Å². The summed E-state index contributed by atoms with van der Waals surface area (Å²) >= 11 is 0. The van der Waals surface area contributed by atoms with Gasteiger partial charge in [0.25, 0.3) is 5.91 Å². The predicted molar refractivity (Wildman–Crippen MR) is 85.1 cm³/mol. The molecule has 7 nitrogen and oxygen atoms in total. The largest absolute Gasteiger partial charge is 0.342 e. The summed E-state index contributed by atoms with van der Waals surface area (Å²) in [4.78, 5) is 12.5. The molecule has 2 aliphatic rings. The molecular formula is C16H22N6O. The zero-order valence-corrected chi connectivity index (χ0v) is 13.1. The molecule has 0 saturated carbocycles. The third kappa shape index (κ3) is 2.88. The molecule has 3 N–H and O–H groups in total. The average molecular weight is 314 g/mol. The zero-order chi connectivity index (χ0) is 15.6. The molecule has 1 aliphatic heterocycles. The fourth-order valence-electron chi connectivity index (χ4n) is 3.56. The van der Waals surface area contributed by atoms with Crippen molar-refractivity contribution in [1.29, 1.82) is 0 Å². The van der Waals surface area contributed by atoms with Crippen molar-refractivity contribution in [3.63, 3.8) is 0 Å². The smallest absolute Gasteiger partial charge is 0.272 e. The Morgan fingerprint density at radius 3 is 3.17 bits per heavy atom. The van der Waals surface area contributed by atoms with Crippen LogP contribution >= 0.6 is 0 Å². The highest BCUT2D eigenvalue weighted by Crippen LogP contribution is 2.27. The van der Waals surface area contributed by atoms with Crippen molar-refractivity contribution in [2.75, 3.05) is 13.1 Å². The monoisotopic (exact) mass is 314 g/mol. The molecule has 2 aromatic rings. The quantitative estimate of drug-likeness (QED) is 0.798. The second-order valence-corrected chi connectivity index (χ2v) is 6.41. The number of aryl methyl sites for hydroxylation is 1. The standard InChI is InChI=1S/C16H22N6O/c23-16(19-13-5-1-3-11-9-18-20-15(11)13)14-6-8-22(21-14)12-4-2-7-17-10-12/h6,8-9,12-13,17H,1-5,7,10H2,(H,18,20)(H,19,23). The van der Waals surface area contributed by atoms with Crippen molar-refractivity contribution in [2.45, 2.75) is 44.2 Å². The number of aromatic nitrogens is 4. The normalized spacial score (nSPS) is 24.2. The Morgan fingerprint density at radius 1 is 1.35 bits per heavy atom. The first-order valence-electron chi connectivity index (χ1n) is 8.40. The van der Waals surface area contributed by atoms with E-state index >= 15 is 0 Å². The van der Waals surface area contributed by atoms with Crippen molar-refractivity contribution in [3.05, 3.63) is 35.4 Å². The highest BCUT2D eigenvalue weighted by atomic mass is 16.2. The second-order valence-electron chi connectivity index (χ2n) is 6.41. The summed E-state index contributed by atoms with van der Waals surface area (Å²) in [7, 11) is 0. The first kappa shape index (κ1) is 14.4. The number of piperidine rings is 1. The molecule has 2 aromatic heterocycles. The van der Waals surface area contributed by atoms with E-state index in [1.807, 2.05) is 17.1 Å². The van der Waals surface area contributed by atoms with Crippen molar-refractivity contribution >= 4 is 5.91 Å². The van der Waals surface area contributed by atoms with E-state index in [1.54, 1.807) is 6.07 Å². The van der Waals surface area contributed by atoms with Crippen molar-refractivity contribution in [2.24, 2.45) is 0 Å². The lowest BCUT2D eigenvalue weighted by Gasteiger charge is -2.23. The molecule has 0 aromatic carbocycles. The van der Waals surface area contributed by atoms with Gasteiger partial charge >= 0.3 is 0 Å². The summed E-state index contributed by atoms with van der Waals surface area (Å²) in [6, 6.07) is 2.16. The van der Waals surface area contributed by atoms with E-state index < -0.39 is 0 Å². The summed E-state index contributed by atoms with van der Waals surface area (Å²) in [6.07, 6.45) is 9.06. The molecule has 0 bridgehead atoms. The number of carbonyl (C=O) groups excluding carboxylic acids is 1. The lowest BCUT2D eigenvalue weighted by atomic mass is 9.93. The van der Waals surface area contributed by atoms with Crippen LogP contribution in [-0.4, -0.2) is 39.0 Å². The average Bonchev–Trinajstić information content (AvgIpc) is 3.25. The van der Waals surface area contributed by atoms with Crippen LogP contribution in [0.1, 0.15) is 59.5 Å². The molecule has 3 heterocycles. The Kier molecular flexibility index (Phi) is 3.87. The Bertz CT molecular complexity index is 684. The van der Waals surface area contributed by atoms with E-state index in [4.69, 9.17) is 0 Å². The van der Waals surface area contributed by atoms with Crippen LogP contribution in [-0.2, 0) is 6.42 Å². The highest BCUT2D eigenvalue weighted by Gasteiger charge is 2.25. The summed E-state index contributed by atoms with van der Waals surface area (Å²) in [5.41, 5.74) is 2.74. The van der Waals surface area contributed by atoms with Crippen LogP contribution in [0.3, 0.4) is 0 Å². The minimum atomic E-state index is -0.111. The number of H-pyrrole nitrogens is 1. The molecule has 0 radical (unpaired) electrons. The van der Waals surface area contributed by atoms with E-state index in [9.17, 15) is 4.79 Å². The van der Waals surface area contributed by atoms with Gasteiger partial charge in [-0.25, -0.2) is 0 Å². The lowest BCUT2D eigenvalue weighted by Crippen LogP contribution is -2.33.